The number of benzene rings is 1. The largest absolute Gasteiger partial charge is 0.492 e. The monoisotopic (exact) mass is 676 g/mol. The molecule has 0 fully saturated rings. The van der Waals surface area contributed by atoms with Crippen molar-refractivity contribution in [2.45, 2.75) is 19.3 Å². The van der Waals surface area contributed by atoms with Crippen LogP contribution in [0.25, 0.3) is 0 Å². The van der Waals surface area contributed by atoms with Gasteiger partial charge in [0, 0.05) is 6.07 Å². The van der Waals surface area contributed by atoms with Crippen LogP contribution in [0.2, 0.25) is 0 Å². The number of esters is 1. The number of carbonyl (C=O) groups is 1. The maximum Gasteiger partial charge on any atom is 0.345 e. The average molecular weight is 676 g/mol. The van der Waals surface area contributed by atoms with E-state index in [1.54, 1.807) is 22.6 Å². The van der Waals surface area contributed by atoms with Crippen molar-refractivity contribution in [3.63, 3.8) is 0 Å². The molecule has 0 spiro atoms. The van der Waals surface area contributed by atoms with Gasteiger partial charge in [-0.1, -0.05) is 0 Å². The minimum Gasteiger partial charge on any atom is -0.492 e. The van der Waals surface area contributed by atoms with E-state index in [1.165, 1.54) is 6.07 Å². The fourth-order valence-electron chi connectivity index (χ4n) is 2.50. The lowest BCUT2D eigenvalue weighted by atomic mass is 10.1. The maximum atomic E-state index is 12.5. The molecular formula is C17H25IO14S3. The lowest BCUT2D eigenvalue weighted by Crippen LogP contribution is -2.15. The zero-order valence-electron chi connectivity index (χ0n) is 18.4. The Hall–Kier alpha value is -1.45. The van der Waals surface area contributed by atoms with E-state index in [9.17, 15) is 30.0 Å². The van der Waals surface area contributed by atoms with Crippen LogP contribution < -0.4 is 14.2 Å². The molecule has 0 aromatic heterocycles. The maximum absolute atomic E-state index is 12.5. The van der Waals surface area contributed by atoms with Crippen molar-refractivity contribution >= 4 is 58.9 Å². The minimum atomic E-state index is -4.25. The molecule has 1 aromatic carbocycles. The zero-order chi connectivity index (χ0) is 26.9. The molecule has 0 aliphatic rings. The summed E-state index contributed by atoms with van der Waals surface area (Å²) in [6.45, 7) is -0.680. The number of hydrogen-bond acceptors (Lipinski definition) is 11. The molecule has 0 aliphatic heterocycles. The van der Waals surface area contributed by atoms with Gasteiger partial charge in [0.15, 0.2) is 5.75 Å². The molecule has 0 atom stereocenters. The van der Waals surface area contributed by atoms with Gasteiger partial charge in [0.05, 0.1) is 47.8 Å². The van der Waals surface area contributed by atoms with Crippen molar-refractivity contribution in [2.24, 2.45) is 0 Å². The second-order valence-electron chi connectivity index (χ2n) is 6.85. The van der Waals surface area contributed by atoms with Crippen molar-refractivity contribution in [1.29, 1.82) is 0 Å². The first-order valence-electron chi connectivity index (χ1n) is 9.72. The Morgan fingerprint density at radius 1 is 0.771 bits per heavy atom. The molecular weight excluding hydrogens is 651 g/mol. The van der Waals surface area contributed by atoms with Gasteiger partial charge in [0.1, 0.15) is 17.1 Å². The minimum absolute atomic E-state index is 0.0724. The first kappa shape index (κ1) is 31.6. The van der Waals surface area contributed by atoms with Gasteiger partial charge in [-0.15, -0.1) is 0 Å². The van der Waals surface area contributed by atoms with Crippen LogP contribution in [0.3, 0.4) is 0 Å². The first-order valence-corrected chi connectivity index (χ1v) is 15.6. The van der Waals surface area contributed by atoms with Gasteiger partial charge in [-0.3, -0.25) is 13.7 Å². The molecule has 0 aliphatic carbocycles. The van der Waals surface area contributed by atoms with Gasteiger partial charge in [0.2, 0.25) is 0 Å². The van der Waals surface area contributed by atoms with E-state index in [1.807, 2.05) is 0 Å². The van der Waals surface area contributed by atoms with Crippen LogP contribution in [-0.2, 0) is 35.1 Å². The fourth-order valence-corrected chi connectivity index (χ4v) is 4.69. The van der Waals surface area contributed by atoms with E-state index in [0.717, 1.165) is 7.11 Å². The SMILES string of the molecule is COC(=O)c1c(OCCCS(=O)(=O)O)cc(OCCCS(=O)(=O)O)c(I)c1OCCCS(=O)(=O)O. The number of methoxy groups -OCH3 is 1. The summed E-state index contributed by atoms with van der Waals surface area (Å²) in [4.78, 5) is 12.5. The van der Waals surface area contributed by atoms with Gasteiger partial charge >= 0.3 is 5.97 Å². The zero-order valence-corrected chi connectivity index (χ0v) is 23.0. The molecule has 35 heavy (non-hydrogen) atoms. The number of rotatable bonds is 16. The van der Waals surface area contributed by atoms with E-state index in [0.29, 0.717) is 0 Å². The third-order valence-electron chi connectivity index (χ3n) is 3.94. The van der Waals surface area contributed by atoms with E-state index in [2.05, 4.69) is 0 Å². The molecule has 0 saturated carbocycles. The van der Waals surface area contributed by atoms with Crippen LogP contribution in [0.5, 0.6) is 17.2 Å². The molecule has 0 radical (unpaired) electrons. The summed E-state index contributed by atoms with van der Waals surface area (Å²) in [5.74, 6) is -2.89. The summed E-state index contributed by atoms with van der Waals surface area (Å²) in [6.07, 6.45) is -0.358. The number of carbonyl (C=O) groups excluding carboxylic acids is 1. The van der Waals surface area contributed by atoms with Crippen LogP contribution in [0.1, 0.15) is 29.6 Å². The molecule has 0 unspecified atom stereocenters. The Bertz CT molecular complexity index is 1190. The Morgan fingerprint density at radius 2 is 1.17 bits per heavy atom. The van der Waals surface area contributed by atoms with Crippen LogP contribution in [0.4, 0.5) is 0 Å². The molecule has 0 amide bonds. The van der Waals surface area contributed by atoms with Gasteiger partial charge < -0.3 is 18.9 Å². The van der Waals surface area contributed by atoms with Crippen molar-refractivity contribution in [3.05, 3.63) is 15.2 Å². The van der Waals surface area contributed by atoms with Gasteiger partial charge in [-0.05, 0) is 41.9 Å². The number of halogens is 1. The van der Waals surface area contributed by atoms with Crippen LogP contribution in [-0.4, -0.2) is 89.1 Å². The van der Waals surface area contributed by atoms with Crippen LogP contribution in [0.15, 0.2) is 6.07 Å². The molecule has 0 saturated heterocycles. The highest BCUT2D eigenvalue weighted by molar-refractivity contribution is 14.1. The van der Waals surface area contributed by atoms with E-state index in [4.69, 9.17) is 32.6 Å². The predicted molar refractivity (Wildman–Crippen MR) is 130 cm³/mol. The Balaban J connectivity index is 3.28. The average Bonchev–Trinajstić information content (AvgIpc) is 2.71. The van der Waals surface area contributed by atoms with Crippen molar-refractivity contribution < 1.29 is 62.7 Å². The quantitative estimate of drug-likeness (QED) is 0.0966. The second kappa shape index (κ2) is 13.7. The fraction of sp³-hybridized carbons (Fsp3) is 0.588. The molecule has 14 nitrogen and oxygen atoms in total. The first-order chi connectivity index (χ1) is 16.0. The van der Waals surface area contributed by atoms with E-state index >= 15 is 0 Å². The van der Waals surface area contributed by atoms with Crippen LogP contribution >= 0.6 is 22.6 Å². The normalized spacial score (nSPS) is 12.3. The third kappa shape index (κ3) is 12.9. The van der Waals surface area contributed by atoms with Crippen molar-refractivity contribution in [2.75, 3.05) is 44.2 Å². The Morgan fingerprint density at radius 3 is 1.57 bits per heavy atom. The second-order valence-corrected chi connectivity index (χ2v) is 12.6. The van der Waals surface area contributed by atoms with Gasteiger partial charge in [-0.25, -0.2) is 4.79 Å². The summed E-state index contributed by atoms with van der Waals surface area (Å²) >= 11 is 1.76. The Labute approximate surface area is 216 Å². The highest BCUT2D eigenvalue weighted by Crippen LogP contribution is 2.41. The highest BCUT2D eigenvalue weighted by atomic mass is 127. The lowest BCUT2D eigenvalue weighted by Gasteiger charge is -2.19. The summed E-state index contributed by atoms with van der Waals surface area (Å²) in [7, 11) is -11.6. The standard InChI is InChI=1S/C17H25IO14S3/c1-29-17(19)14-12(30-5-2-8-33(20,21)22)11-13(31-6-3-9-34(23,24)25)15(18)16(14)32-7-4-10-35(26,27)28/h11H,2-10H2,1H3,(H,20,21,22)(H,23,24,25)(H,26,27,28). The smallest absolute Gasteiger partial charge is 0.345 e. The highest BCUT2D eigenvalue weighted by Gasteiger charge is 2.26. The van der Waals surface area contributed by atoms with Crippen LogP contribution in [0, 0.1) is 3.57 Å². The van der Waals surface area contributed by atoms with Gasteiger partial charge in [0.25, 0.3) is 30.4 Å². The van der Waals surface area contributed by atoms with E-state index in [-0.39, 0.29) is 65.5 Å². The summed E-state index contributed by atoms with van der Waals surface area (Å²) in [5, 5.41) is 0. The number of ether oxygens (including phenoxy) is 4. The van der Waals surface area contributed by atoms with Gasteiger partial charge in [-0.2, -0.15) is 25.3 Å². The summed E-state index contributed by atoms with van der Waals surface area (Å²) in [5.41, 5.74) is -0.221. The predicted octanol–water partition coefficient (Wildman–Crippen LogP) is 1.05. The molecule has 0 heterocycles. The molecule has 1 rings (SSSR count). The lowest BCUT2D eigenvalue weighted by molar-refractivity contribution is 0.0590. The third-order valence-corrected chi connectivity index (χ3v) is 7.38. The topological polar surface area (TPSA) is 217 Å². The molecule has 3 N–H and O–H groups in total. The van der Waals surface area contributed by atoms with Crippen molar-refractivity contribution in [3.8, 4) is 17.2 Å². The summed E-state index contributed by atoms with van der Waals surface area (Å²) in [6, 6.07) is 1.26. The molecule has 1 aromatic rings. The molecule has 18 heteroatoms. The molecule has 202 valence electrons. The molecule has 0 bridgehead atoms. The van der Waals surface area contributed by atoms with E-state index < -0.39 is 53.6 Å². The number of hydrogen-bond donors (Lipinski definition) is 3. The van der Waals surface area contributed by atoms with Crippen molar-refractivity contribution in [1.82, 2.24) is 0 Å². The Kier molecular flexibility index (Phi) is 12.4. The summed E-state index contributed by atoms with van der Waals surface area (Å²) < 4.78 is 114.